The van der Waals surface area contributed by atoms with Gasteiger partial charge in [-0.15, -0.1) is 0 Å². The van der Waals surface area contributed by atoms with Crippen molar-refractivity contribution >= 4 is 17.2 Å². The lowest BCUT2D eigenvalue weighted by Crippen LogP contribution is -1.88. The number of allylic oxidation sites excluding steroid dienone is 2. The molecule has 0 heterocycles. The molecule has 0 aliphatic rings. The van der Waals surface area contributed by atoms with E-state index in [-0.39, 0.29) is 0 Å². The largest absolute Gasteiger partial charge is 0.192 e. The van der Waals surface area contributed by atoms with Crippen molar-refractivity contribution in [2.24, 2.45) is 0 Å². The minimum absolute atomic E-state index is 0.452. The number of rotatable bonds is 3. The maximum atomic E-state index is 8.83. The Morgan fingerprint density at radius 2 is 1.68 bits per heavy atom. The fourth-order valence-electron chi connectivity index (χ4n) is 1.32. The van der Waals surface area contributed by atoms with E-state index < -0.39 is 0 Å². The number of benzene rings is 1. The number of hydrogen-bond donors (Lipinski definition) is 0. The quantitative estimate of drug-likeness (QED) is 0.612. The first-order valence-electron chi connectivity index (χ1n) is 6.62. The van der Waals surface area contributed by atoms with Crippen LogP contribution in [0.25, 0.3) is 17.2 Å². The van der Waals surface area contributed by atoms with Crippen LogP contribution in [0.2, 0.25) is 0 Å². The van der Waals surface area contributed by atoms with Gasteiger partial charge in [0.2, 0.25) is 0 Å². The molecule has 19 heavy (non-hydrogen) atoms. The summed E-state index contributed by atoms with van der Waals surface area (Å²) in [5, 5.41) is 8.83. The zero-order valence-corrected chi connectivity index (χ0v) is 12.9. The van der Waals surface area contributed by atoms with Crippen molar-refractivity contribution in [2.75, 3.05) is 0 Å². The third-order valence-corrected chi connectivity index (χ3v) is 2.23. The van der Waals surface area contributed by atoms with Crippen molar-refractivity contribution < 1.29 is 0 Å². The van der Waals surface area contributed by atoms with Gasteiger partial charge >= 0.3 is 0 Å². The molecule has 0 aliphatic heterocycles. The molecule has 0 amide bonds. The van der Waals surface area contributed by atoms with Crippen LogP contribution in [0.15, 0.2) is 37.9 Å². The van der Waals surface area contributed by atoms with Gasteiger partial charge in [0.1, 0.15) is 0 Å². The Hall–Kier alpha value is -2.07. The number of nitrogens with zero attached hydrogens (tertiary/aromatic N) is 1. The molecule has 0 radical (unpaired) electrons. The lowest BCUT2D eigenvalue weighted by Gasteiger charge is -2.07. The van der Waals surface area contributed by atoms with Crippen LogP contribution in [0.3, 0.4) is 0 Å². The van der Waals surface area contributed by atoms with Gasteiger partial charge in [-0.1, -0.05) is 71.2 Å². The third kappa shape index (κ3) is 5.88. The number of hydrogen-bond acceptors (Lipinski definition) is 1. The Morgan fingerprint density at radius 1 is 1.16 bits per heavy atom. The molecule has 0 saturated carbocycles. The molecule has 1 aromatic carbocycles. The van der Waals surface area contributed by atoms with E-state index in [0.717, 1.165) is 22.3 Å². The zero-order chi connectivity index (χ0) is 15.4. The molecule has 1 aromatic rings. The zero-order valence-electron chi connectivity index (χ0n) is 12.9. The summed E-state index contributed by atoms with van der Waals surface area (Å²) in [5.74, 6) is 0. The Labute approximate surface area is 118 Å². The molecule has 1 rings (SSSR count). The fraction of sp³-hybridized carbons (Fsp3) is 0.278. The predicted octanol–water partition coefficient (Wildman–Crippen LogP) is 5.95. The van der Waals surface area contributed by atoms with Gasteiger partial charge in [-0.3, -0.25) is 0 Å². The molecular weight excluding hydrogens is 230 g/mol. The van der Waals surface area contributed by atoms with E-state index in [0.29, 0.717) is 5.57 Å². The van der Waals surface area contributed by atoms with Gasteiger partial charge in [-0.25, -0.2) is 0 Å². The van der Waals surface area contributed by atoms with Crippen molar-refractivity contribution in [3.63, 3.8) is 0 Å². The fourth-order valence-corrected chi connectivity index (χ4v) is 1.32. The highest BCUT2D eigenvalue weighted by molar-refractivity contribution is 5.82. The second-order valence-corrected chi connectivity index (χ2v) is 3.38. The minimum Gasteiger partial charge on any atom is -0.192 e. The van der Waals surface area contributed by atoms with E-state index in [1.54, 1.807) is 6.08 Å². The van der Waals surface area contributed by atoms with Crippen LogP contribution in [0.1, 0.15) is 51.3 Å². The summed E-state index contributed by atoms with van der Waals surface area (Å²) in [4.78, 5) is 0. The van der Waals surface area contributed by atoms with Crippen molar-refractivity contribution in [3.8, 4) is 6.07 Å². The first-order valence-corrected chi connectivity index (χ1v) is 6.62. The summed E-state index contributed by atoms with van der Waals surface area (Å²) in [6.45, 7) is 21.2. The van der Waals surface area contributed by atoms with Crippen molar-refractivity contribution in [3.05, 3.63) is 54.6 Å². The molecule has 1 nitrogen and oxygen atoms in total. The summed E-state index contributed by atoms with van der Waals surface area (Å²) in [6.07, 6.45) is 1.72. The van der Waals surface area contributed by atoms with Gasteiger partial charge in [0.05, 0.1) is 11.6 Å². The summed E-state index contributed by atoms with van der Waals surface area (Å²) in [5.41, 5.74) is 4.19. The van der Waals surface area contributed by atoms with Crippen LogP contribution in [-0.4, -0.2) is 0 Å². The van der Waals surface area contributed by atoms with Crippen LogP contribution in [-0.2, 0) is 0 Å². The monoisotopic (exact) mass is 255 g/mol. The second kappa shape index (κ2) is 11.0. The maximum Gasteiger partial charge on any atom is 0.0991 e. The molecule has 0 atom stereocenters. The second-order valence-electron chi connectivity index (χ2n) is 3.38. The molecule has 0 bridgehead atoms. The van der Waals surface area contributed by atoms with E-state index in [4.69, 9.17) is 5.26 Å². The van der Waals surface area contributed by atoms with Gasteiger partial charge in [0.25, 0.3) is 0 Å². The Balaban J connectivity index is 0. The van der Waals surface area contributed by atoms with Gasteiger partial charge in [-0.05, 0) is 29.7 Å². The van der Waals surface area contributed by atoms with Gasteiger partial charge in [-0.2, -0.15) is 5.26 Å². The van der Waals surface area contributed by atoms with E-state index in [9.17, 15) is 0 Å². The van der Waals surface area contributed by atoms with E-state index >= 15 is 0 Å². The molecule has 0 saturated heterocycles. The lowest BCUT2D eigenvalue weighted by atomic mass is 9.96. The number of nitriles is 1. The Kier molecular flexibility index (Phi) is 11.2. The van der Waals surface area contributed by atoms with E-state index in [1.165, 1.54) is 0 Å². The molecule has 0 fully saturated rings. The van der Waals surface area contributed by atoms with Crippen molar-refractivity contribution in [2.45, 2.75) is 34.6 Å². The van der Waals surface area contributed by atoms with Crippen LogP contribution in [0.5, 0.6) is 0 Å². The van der Waals surface area contributed by atoms with E-state index in [2.05, 4.69) is 25.8 Å². The predicted molar refractivity (Wildman–Crippen MR) is 88.6 cm³/mol. The minimum atomic E-state index is 0.452. The third-order valence-electron chi connectivity index (χ3n) is 2.23. The summed E-state index contributed by atoms with van der Waals surface area (Å²) < 4.78 is 0. The average molecular weight is 255 g/mol. The highest BCUT2D eigenvalue weighted by Crippen LogP contribution is 2.23. The summed E-state index contributed by atoms with van der Waals surface area (Å²) in [6, 6.07) is 7.86. The highest BCUT2D eigenvalue weighted by Gasteiger charge is 2.05. The van der Waals surface area contributed by atoms with Crippen LogP contribution < -0.4 is 0 Å². The molecule has 0 N–H and O–H groups in total. The highest BCUT2D eigenvalue weighted by atomic mass is 14.2. The smallest absolute Gasteiger partial charge is 0.0991 e. The van der Waals surface area contributed by atoms with Crippen LogP contribution in [0, 0.1) is 11.3 Å². The summed E-state index contributed by atoms with van der Waals surface area (Å²) >= 11 is 0. The first kappa shape index (κ1) is 19.3. The molecule has 0 unspecified atom stereocenters. The molecule has 1 heteroatoms. The normalized spacial score (nSPS) is 7.79. The standard InChI is InChI=1S/C14H13N.2C2H6/c1-5-12-6-7-13(10(2)3)8-14(12)11(4)9-15;2*1-2/h5-8H,1-2,4H2,3H3;2*1-2H3. The topological polar surface area (TPSA) is 23.8 Å². The van der Waals surface area contributed by atoms with Crippen molar-refractivity contribution in [1.29, 1.82) is 5.26 Å². The van der Waals surface area contributed by atoms with E-state index in [1.807, 2.05) is 52.8 Å². The molecule has 102 valence electrons. The average Bonchev–Trinajstić information content (AvgIpc) is 2.49. The first-order chi connectivity index (χ1) is 9.10. The summed E-state index contributed by atoms with van der Waals surface area (Å²) in [7, 11) is 0. The Morgan fingerprint density at radius 3 is 2.05 bits per heavy atom. The van der Waals surface area contributed by atoms with Gasteiger partial charge < -0.3 is 0 Å². The molecule has 0 aliphatic carbocycles. The lowest BCUT2D eigenvalue weighted by molar-refractivity contribution is 1.49. The molecular formula is C18H25N. The SMILES string of the molecule is C=Cc1ccc(C(=C)C)cc1C(=C)C#N.CC.CC. The van der Waals surface area contributed by atoms with Gasteiger partial charge in [0.15, 0.2) is 0 Å². The molecule has 0 aromatic heterocycles. The molecule has 0 spiro atoms. The maximum absolute atomic E-state index is 8.83. The van der Waals surface area contributed by atoms with Gasteiger partial charge in [0, 0.05) is 0 Å². The van der Waals surface area contributed by atoms with Crippen molar-refractivity contribution in [1.82, 2.24) is 0 Å². The Bertz CT molecular complexity index is 473. The van der Waals surface area contributed by atoms with Crippen LogP contribution in [0.4, 0.5) is 0 Å². The van der Waals surface area contributed by atoms with Crippen LogP contribution >= 0.6 is 0 Å².